The van der Waals surface area contributed by atoms with Gasteiger partial charge in [0.25, 0.3) is 0 Å². The lowest BCUT2D eigenvalue weighted by Gasteiger charge is -2.38. The van der Waals surface area contributed by atoms with E-state index >= 15 is 0 Å². The Hall–Kier alpha value is -0.950. The fraction of sp³-hybridized carbons (Fsp3) is 0.632. The average molecular weight is 411 g/mol. The third kappa shape index (κ3) is 4.61. The quantitative estimate of drug-likeness (QED) is 0.808. The van der Waals surface area contributed by atoms with Crippen LogP contribution < -0.4 is 5.32 Å². The van der Waals surface area contributed by atoms with Gasteiger partial charge in [-0.15, -0.1) is 0 Å². The fourth-order valence-corrected chi connectivity index (χ4v) is 3.98. The molecule has 2 aliphatic rings. The highest BCUT2D eigenvalue weighted by Crippen LogP contribution is 2.36. The van der Waals surface area contributed by atoms with E-state index < -0.39 is 5.41 Å². The van der Waals surface area contributed by atoms with E-state index in [-0.39, 0.29) is 11.9 Å². The van der Waals surface area contributed by atoms with E-state index in [1.807, 2.05) is 12.1 Å². The number of hydrogen-bond acceptors (Lipinski definition) is 4. The van der Waals surface area contributed by atoms with Gasteiger partial charge in [0.2, 0.25) is 5.91 Å². The van der Waals surface area contributed by atoms with E-state index in [0.717, 1.165) is 55.7 Å². The van der Waals surface area contributed by atoms with Crippen molar-refractivity contribution in [3.8, 4) is 0 Å². The van der Waals surface area contributed by atoms with Gasteiger partial charge in [0, 0.05) is 43.4 Å². The predicted octanol–water partition coefficient (Wildman–Crippen LogP) is 2.33. The number of nitrogens with zero attached hydrogens (tertiary/aromatic N) is 1. The van der Waals surface area contributed by atoms with Crippen molar-refractivity contribution in [1.82, 2.24) is 10.2 Å². The number of halogens is 1. The Balaban J connectivity index is 1.69. The summed E-state index contributed by atoms with van der Waals surface area (Å²) < 4.78 is 12.0. The number of carbonyl (C=O) groups excluding carboxylic acids is 1. The molecule has 138 valence electrons. The zero-order chi connectivity index (χ0) is 17.7. The molecule has 1 aromatic carbocycles. The lowest BCUT2D eigenvalue weighted by atomic mass is 9.73. The molecule has 1 atom stereocenters. The molecule has 5 nitrogen and oxygen atoms in total. The molecule has 0 bridgehead atoms. The third-order valence-corrected chi connectivity index (χ3v) is 5.72. The van der Waals surface area contributed by atoms with Crippen LogP contribution in [-0.2, 0) is 19.7 Å². The number of benzene rings is 1. The first-order valence-corrected chi connectivity index (χ1v) is 9.84. The molecule has 3 rings (SSSR count). The normalized spacial score (nSPS) is 22.3. The average Bonchev–Trinajstić information content (AvgIpc) is 2.63. The van der Waals surface area contributed by atoms with E-state index in [2.05, 4.69) is 45.2 Å². The number of nitrogens with one attached hydrogen (secondary N) is 1. The Morgan fingerprint density at radius 2 is 1.76 bits per heavy atom. The lowest BCUT2D eigenvalue weighted by Crippen LogP contribution is -2.53. The van der Waals surface area contributed by atoms with Crippen molar-refractivity contribution in [3.63, 3.8) is 0 Å². The second-order valence-electron chi connectivity index (χ2n) is 6.99. The zero-order valence-corrected chi connectivity index (χ0v) is 16.4. The summed E-state index contributed by atoms with van der Waals surface area (Å²) in [6.45, 7) is 7.63. The van der Waals surface area contributed by atoms with Crippen molar-refractivity contribution in [2.45, 2.75) is 31.2 Å². The van der Waals surface area contributed by atoms with Crippen molar-refractivity contribution in [2.75, 3.05) is 46.1 Å². The maximum atomic E-state index is 13.2. The highest BCUT2D eigenvalue weighted by Gasteiger charge is 2.42. The summed E-state index contributed by atoms with van der Waals surface area (Å²) in [5.41, 5.74) is 0.591. The molecule has 6 heteroatoms. The number of ether oxygens (including phenoxy) is 2. The smallest absolute Gasteiger partial charge is 0.231 e. The van der Waals surface area contributed by atoms with Gasteiger partial charge in [-0.05, 0) is 37.5 Å². The fourth-order valence-electron chi connectivity index (χ4n) is 3.71. The first-order chi connectivity index (χ1) is 12.1. The Labute approximate surface area is 158 Å². The molecule has 0 spiro atoms. The van der Waals surface area contributed by atoms with E-state index in [4.69, 9.17) is 9.47 Å². The van der Waals surface area contributed by atoms with E-state index in [1.165, 1.54) is 0 Å². The summed E-state index contributed by atoms with van der Waals surface area (Å²) in [7, 11) is 0. The van der Waals surface area contributed by atoms with E-state index in [1.54, 1.807) is 0 Å². The Kier molecular flexibility index (Phi) is 6.49. The second kappa shape index (κ2) is 8.62. The monoisotopic (exact) mass is 410 g/mol. The van der Waals surface area contributed by atoms with Crippen LogP contribution in [0.1, 0.15) is 25.3 Å². The van der Waals surface area contributed by atoms with Gasteiger partial charge in [0.15, 0.2) is 0 Å². The SMILES string of the molecule is CC(CN1CCOCC1)NC(=O)C1(c2ccc(Br)cc2)CCOCC1. The zero-order valence-electron chi connectivity index (χ0n) is 14.8. The van der Waals surface area contributed by atoms with Gasteiger partial charge in [-0.1, -0.05) is 28.1 Å². The molecule has 0 saturated carbocycles. The van der Waals surface area contributed by atoms with Crippen LogP contribution in [0.2, 0.25) is 0 Å². The van der Waals surface area contributed by atoms with Crippen molar-refractivity contribution in [2.24, 2.45) is 0 Å². The number of hydrogen-bond donors (Lipinski definition) is 1. The molecule has 0 aliphatic carbocycles. The van der Waals surface area contributed by atoms with Gasteiger partial charge in [-0.2, -0.15) is 0 Å². The third-order valence-electron chi connectivity index (χ3n) is 5.19. The summed E-state index contributed by atoms with van der Waals surface area (Å²) in [6, 6.07) is 8.25. The maximum Gasteiger partial charge on any atom is 0.231 e. The first kappa shape index (κ1) is 18.8. The molecule has 1 aromatic rings. The van der Waals surface area contributed by atoms with Crippen LogP contribution in [0.5, 0.6) is 0 Å². The standard InChI is InChI=1S/C19H27BrN2O3/c1-15(14-22-8-12-25-13-9-22)21-18(23)19(6-10-24-11-7-19)16-2-4-17(20)5-3-16/h2-5,15H,6-14H2,1H3,(H,21,23). The number of rotatable bonds is 5. The summed E-state index contributed by atoms with van der Waals surface area (Å²) in [6.07, 6.45) is 1.45. The summed E-state index contributed by atoms with van der Waals surface area (Å²) in [5.74, 6) is 0.124. The number of amides is 1. The molecule has 1 N–H and O–H groups in total. The van der Waals surface area contributed by atoms with Crippen LogP contribution >= 0.6 is 15.9 Å². The van der Waals surface area contributed by atoms with Crippen LogP contribution in [0.4, 0.5) is 0 Å². The van der Waals surface area contributed by atoms with Gasteiger partial charge in [-0.25, -0.2) is 0 Å². The largest absolute Gasteiger partial charge is 0.381 e. The molecule has 0 radical (unpaired) electrons. The highest BCUT2D eigenvalue weighted by atomic mass is 79.9. The maximum absolute atomic E-state index is 13.2. The van der Waals surface area contributed by atoms with Crippen molar-refractivity contribution in [3.05, 3.63) is 34.3 Å². The Morgan fingerprint density at radius 1 is 1.16 bits per heavy atom. The van der Waals surface area contributed by atoms with E-state index in [0.29, 0.717) is 13.2 Å². The van der Waals surface area contributed by atoms with Gasteiger partial charge in [0.05, 0.1) is 18.6 Å². The molecule has 2 fully saturated rings. The molecule has 0 aromatic heterocycles. The molecule has 2 saturated heterocycles. The Bertz CT molecular complexity index is 567. The van der Waals surface area contributed by atoms with Gasteiger partial charge in [-0.3, -0.25) is 9.69 Å². The molecule has 25 heavy (non-hydrogen) atoms. The summed E-state index contributed by atoms with van der Waals surface area (Å²) in [4.78, 5) is 15.6. The summed E-state index contributed by atoms with van der Waals surface area (Å²) >= 11 is 3.48. The minimum Gasteiger partial charge on any atom is -0.381 e. The van der Waals surface area contributed by atoms with Crippen molar-refractivity contribution < 1.29 is 14.3 Å². The lowest BCUT2D eigenvalue weighted by molar-refractivity contribution is -0.131. The molecule has 1 unspecified atom stereocenters. The predicted molar refractivity (Wildman–Crippen MR) is 101 cm³/mol. The van der Waals surface area contributed by atoms with Gasteiger partial charge in [0.1, 0.15) is 0 Å². The van der Waals surface area contributed by atoms with Crippen LogP contribution in [-0.4, -0.2) is 62.9 Å². The van der Waals surface area contributed by atoms with Crippen molar-refractivity contribution in [1.29, 1.82) is 0 Å². The van der Waals surface area contributed by atoms with Gasteiger partial charge >= 0.3 is 0 Å². The minimum absolute atomic E-state index is 0.112. The topological polar surface area (TPSA) is 50.8 Å². The highest BCUT2D eigenvalue weighted by molar-refractivity contribution is 9.10. The van der Waals surface area contributed by atoms with Crippen LogP contribution in [0, 0.1) is 0 Å². The summed E-state index contributed by atoms with van der Waals surface area (Å²) in [5, 5.41) is 3.26. The van der Waals surface area contributed by atoms with Crippen LogP contribution in [0.3, 0.4) is 0 Å². The second-order valence-corrected chi connectivity index (χ2v) is 7.90. The van der Waals surface area contributed by atoms with Crippen LogP contribution in [0.25, 0.3) is 0 Å². The first-order valence-electron chi connectivity index (χ1n) is 9.05. The Morgan fingerprint density at radius 3 is 2.40 bits per heavy atom. The molecule has 2 heterocycles. The molecular formula is C19H27BrN2O3. The molecular weight excluding hydrogens is 384 g/mol. The van der Waals surface area contributed by atoms with Crippen molar-refractivity contribution >= 4 is 21.8 Å². The molecule has 2 aliphatic heterocycles. The van der Waals surface area contributed by atoms with Gasteiger partial charge < -0.3 is 14.8 Å². The molecule has 1 amide bonds. The number of carbonyl (C=O) groups is 1. The van der Waals surface area contributed by atoms with E-state index in [9.17, 15) is 4.79 Å². The van der Waals surface area contributed by atoms with Crippen LogP contribution in [0.15, 0.2) is 28.7 Å². The minimum atomic E-state index is -0.488. The number of morpholine rings is 1.